The molecule has 2 aromatic rings. The molecule has 0 fully saturated rings. The molecule has 1 N–H and O–H groups in total. The van der Waals surface area contributed by atoms with Crippen molar-refractivity contribution in [3.05, 3.63) is 59.2 Å². The zero-order chi connectivity index (χ0) is 21.7. The van der Waals surface area contributed by atoms with Gasteiger partial charge in [0.1, 0.15) is 6.04 Å². The Morgan fingerprint density at radius 3 is 2.23 bits per heavy atom. The molecule has 8 heteroatoms. The van der Waals surface area contributed by atoms with Crippen LogP contribution in [0.5, 0.6) is 11.5 Å². The standard InChI is InChI=1S/C22H24N2O5S/c1-28-18-9-8-14(12-19(18)29-2)13-23-20(25)17(10-11-30-3)24-21(26)15-6-4-5-7-16(15)22(24)27/h4-9,12,17H,10-11,13H2,1-3H3,(H,23,25)/t17-/m1/s1. The van der Waals surface area contributed by atoms with Crippen LogP contribution in [0.3, 0.4) is 0 Å². The van der Waals surface area contributed by atoms with E-state index in [0.29, 0.717) is 34.8 Å². The Morgan fingerprint density at radius 1 is 1.03 bits per heavy atom. The molecule has 0 saturated heterocycles. The molecule has 158 valence electrons. The number of nitrogens with one attached hydrogen (secondary N) is 1. The maximum absolute atomic E-state index is 13.0. The summed E-state index contributed by atoms with van der Waals surface area (Å²) in [5, 5.41) is 2.85. The lowest BCUT2D eigenvalue weighted by atomic mass is 10.1. The number of benzene rings is 2. The lowest BCUT2D eigenvalue weighted by molar-refractivity contribution is -0.125. The SMILES string of the molecule is COc1ccc(CNC(=O)[C@@H](CCSC)N2C(=O)c3ccccc3C2=O)cc1OC. The van der Waals surface area contributed by atoms with Crippen molar-refractivity contribution in [1.29, 1.82) is 0 Å². The second-order valence-electron chi connectivity index (χ2n) is 6.73. The molecule has 30 heavy (non-hydrogen) atoms. The zero-order valence-electron chi connectivity index (χ0n) is 17.1. The maximum atomic E-state index is 13.0. The van der Waals surface area contributed by atoms with Gasteiger partial charge in [0.05, 0.1) is 25.3 Å². The minimum absolute atomic E-state index is 0.234. The van der Waals surface area contributed by atoms with Gasteiger partial charge in [-0.2, -0.15) is 11.8 Å². The van der Waals surface area contributed by atoms with Crippen LogP contribution >= 0.6 is 11.8 Å². The fourth-order valence-electron chi connectivity index (χ4n) is 3.40. The summed E-state index contributed by atoms with van der Waals surface area (Å²) < 4.78 is 10.5. The number of fused-ring (bicyclic) bond motifs is 1. The van der Waals surface area contributed by atoms with Gasteiger partial charge in [0.15, 0.2) is 11.5 Å². The van der Waals surface area contributed by atoms with Gasteiger partial charge >= 0.3 is 0 Å². The van der Waals surface area contributed by atoms with Crippen molar-refractivity contribution < 1.29 is 23.9 Å². The van der Waals surface area contributed by atoms with Crippen molar-refractivity contribution in [3.63, 3.8) is 0 Å². The smallest absolute Gasteiger partial charge is 0.262 e. The summed E-state index contributed by atoms with van der Waals surface area (Å²) in [6.07, 6.45) is 2.30. The quantitative estimate of drug-likeness (QED) is 0.618. The van der Waals surface area contributed by atoms with Gasteiger partial charge in [-0.05, 0) is 48.3 Å². The van der Waals surface area contributed by atoms with Gasteiger partial charge in [0, 0.05) is 6.54 Å². The summed E-state index contributed by atoms with van der Waals surface area (Å²) in [7, 11) is 3.10. The molecule has 2 aromatic carbocycles. The Hall–Kier alpha value is -3.00. The number of carbonyl (C=O) groups excluding carboxylic acids is 3. The third-order valence-corrected chi connectivity index (χ3v) is 5.59. The van der Waals surface area contributed by atoms with Gasteiger partial charge < -0.3 is 14.8 Å². The van der Waals surface area contributed by atoms with E-state index in [1.807, 2.05) is 12.3 Å². The largest absolute Gasteiger partial charge is 0.493 e. The first-order chi connectivity index (χ1) is 14.5. The number of ether oxygens (including phenoxy) is 2. The molecule has 0 spiro atoms. The normalized spacial score (nSPS) is 13.8. The van der Waals surface area contributed by atoms with E-state index in [-0.39, 0.29) is 12.5 Å². The van der Waals surface area contributed by atoms with Crippen LogP contribution in [-0.4, -0.2) is 54.9 Å². The number of carbonyl (C=O) groups is 3. The van der Waals surface area contributed by atoms with Crippen molar-refractivity contribution in [1.82, 2.24) is 10.2 Å². The summed E-state index contributed by atoms with van der Waals surface area (Å²) in [6, 6.07) is 11.1. The number of rotatable bonds is 9. The van der Waals surface area contributed by atoms with E-state index in [9.17, 15) is 14.4 Å². The van der Waals surface area contributed by atoms with Crippen LogP contribution in [-0.2, 0) is 11.3 Å². The molecule has 0 unspecified atom stereocenters. The predicted molar refractivity (Wildman–Crippen MR) is 115 cm³/mol. The van der Waals surface area contributed by atoms with Gasteiger partial charge in [-0.15, -0.1) is 0 Å². The highest BCUT2D eigenvalue weighted by atomic mass is 32.2. The van der Waals surface area contributed by atoms with E-state index < -0.39 is 17.9 Å². The van der Waals surface area contributed by atoms with Crippen LogP contribution in [0, 0.1) is 0 Å². The van der Waals surface area contributed by atoms with Gasteiger partial charge in [-0.3, -0.25) is 19.3 Å². The summed E-state index contributed by atoms with van der Waals surface area (Å²) >= 11 is 1.56. The molecule has 7 nitrogen and oxygen atoms in total. The highest BCUT2D eigenvalue weighted by molar-refractivity contribution is 7.98. The first-order valence-electron chi connectivity index (χ1n) is 9.46. The van der Waals surface area contributed by atoms with Gasteiger partial charge in [0.25, 0.3) is 11.8 Å². The molecule has 0 aliphatic carbocycles. The van der Waals surface area contributed by atoms with E-state index in [0.717, 1.165) is 10.5 Å². The number of hydrogen-bond acceptors (Lipinski definition) is 6. The van der Waals surface area contributed by atoms with E-state index >= 15 is 0 Å². The van der Waals surface area contributed by atoms with Crippen LogP contribution in [0.4, 0.5) is 0 Å². The minimum atomic E-state index is -0.870. The summed E-state index contributed by atoms with van der Waals surface area (Å²) in [5.41, 5.74) is 1.49. The number of nitrogens with zero attached hydrogens (tertiary/aromatic N) is 1. The average molecular weight is 429 g/mol. The fraction of sp³-hybridized carbons (Fsp3) is 0.318. The number of imide groups is 1. The predicted octanol–water partition coefficient (Wildman–Crippen LogP) is 2.74. The molecule has 3 rings (SSSR count). The molecular formula is C22H24N2O5S. The molecule has 0 aromatic heterocycles. The zero-order valence-corrected chi connectivity index (χ0v) is 18.0. The number of hydrogen-bond donors (Lipinski definition) is 1. The van der Waals surface area contributed by atoms with Gasteiger partial charge in [0.2, 0.25) is 5.91 Å². The summed E-state index contributed by atoms with van der Waals surface area (Å²) in [4.78, 5) is 39.8. The van der Waals surface area contributed by atoms with E-state index in [2.05, 4.69) is 5.32 Å². The number of methoxy groups -OCH3 is 2. The molecule has 0 saturated carbocycles. The highest BCUT2D eigenvalue weighted by Gasteiger charge is 2.42. The number of thioether (sulfide) groups is 1. The summed E-state index contributed by atoms with van der Waals surface area (Å²) in [6.45, 7) is 0.234. The Morgan fingerprint density at radius 2 is 1.67 bits per heavy atom. The molecule has 1 aliphatic heterocycles. The number of amides is 3. The Balaban J connectivity index is 1.77. The molecule has 1 heterocycles. The van der Waals surface area contributed by atoms with Crippen LogP contribution < -0.4 is 14.8 Å². The average Bonchev–Trinajstić information content (AvgIpc) is 3.03. The molecule has 3 amide bonds. The Labute approximate surface area is 179 Å². The highest BCUT2D eigenvalue weighted by Crippen LogP contribution is 2.28. The van der Waals surface area contributed by atoms with Crippen LogP contribution in [0.2, 0.25) is 0 Å². The van der Waals surface area contributed by atoms with Crippen molar-refractivity contribution in [2.45, 2.75) is 19.0 Å². The first-order valence-corrected chi connectivity index (χ1v) is 10.9. The third-order valence-electron chi connectivity index (χ3n) is 4.95. The van der Waals surface area contributed by atoms with E-state index in [1.54, 1.807) is 62.4 Å². The fourth-order valence-corrected chi connectivity index (χ4v) is 3.85. The summed E-state index contributed by atoms with van der Waals surface area (Å²) in [5.74, 6) is 0.571. The van der Waals surface area contributed by atoms with E-state index in [1.165, 1.54) is 0 Å². The van der Waals surface area contributed by atoms with Crippen LogP contribution in [0.15, 0.2) is 42.5 Å². The molecule has 1 atom stereocenters. The van der Waals surface area contributed by atoms with Gasteiger partial charge in [-0.25, -0.2) is 0 Å². The second kappa shape index (κ2) is 9.67. The van der Waals surface area contributed by atoms with Gasteiger partial charge in [-0.1, -0.05) is 18.2 Å². The molecule has 0 bridgehead atoms. The van der Waals surface area contributed by atoms with Crippen molar-refractivity contribution >= 4 is 29.5 Å². The lowest BCUT2D eigenvalue weighted by Crippen LogP contribution is -2.49. The third kappa shape index (κ3) is 4.28. The second-order valence-corrected chi connectivity index (χ2v) is 7.72. The monoisotopic (exact) mass is 428 g/mol. The lowest BCUT2D eigenvalue weighted by Gasteiger charge is -2.25. The molecule has 1 aliphatic rings. The van der Waals surface area contributed by atoms with Crippen molar-refractivity contribution in [2.24, 2.45) is 0 Å². The Kier molecular flexibility index (Phi) is 6.99. The van der Waals surface area contributed by atoms with Crippen LogP contribution in [0.1, 0.15) is 32.7 Å². The van der Waals surface area contributed by atoms with Crippen molar-refractivity contribution in [3.8, 4) is 11.5 Å². The minimum Gasteiger partial charge on any atom is -0.493 e. The van der Waals surface area contributed by atoms with Crippen molar-refractivity contribution in [2.75, 3.05) is 26.2 Å². The molecular weight excluding hydrogens is 404 g/mol. The molecule has 0 radical (unpaired) electrons. The first kappa shape index (κ1) is 21.7. The van der Waals surface area contributed by atoms with E-state index in [4.69, 9.17) is 9.47 Å². The Bertz CT molecular complexity index is 927. The topological polar surface area (TPSA) is 84.9 Å². The van der Waals surface area contributed by atoms with Crippen LogP contribution in [0.25, 0.3) is 0 Å². The maximum Gasteiger partial charge on any atom is 0.262 e.